The van der Waals surface area contributed by atoms with Gasteiger partial charge in [0.05, 0.1) is 19.1 Å². The molecule has 0 N–H and O–H groups in total. The van der Waals surface area contributed by atoms with Gasteiger partial charge in [-0.15, -0.1) is 11.6 Å². The molecule has 0 bridgehead atoms. The molecule has 0 saturated carbocycles. The van der Waals surface area contributed by atoms with Crippen molar-refractivity contribution in [2.75, 3.05) is 19.1 Å². The summed E-state index contributed by atoms with van der Waals surface area (Å²) in [6.07, 6.45) is 0. The van der Waals surface area contributed by atoms with Crippen molar-refractivity contribution in [1.29, 1.82) is 0 Å². The van der Waals surface area contributed by atoms with Crippen LogP contribution in [0.1, 0.15) is 16.7 Å². The molecule has 0 spiro atoms. The Hall–Kier alpha value is -1.01. The molecule has 6 heteroatoms. The third-order valence-corrected chi connectivity index (χ3v) is 5.18. The molecule has 0 radical (unpaired) electrons. The number of benzene rings is 2. The fourth-order valence-electron chi connectivity index (χ4n) is 3.21. The molecule has 0 amide bonds. The van der Waals surface area contributed by atoms with E-state index in [1.54, 1.807) is 24.3 Å². The Morgan fingerprint density at radius 1 is 1.00 bits per heavy atom. The lowest BCUT2D eigenvalue weighted by molar-refractivity contribution is -0.146. The van der Waals surface area contributed by atoms with Crippen LogP contribution in [-0.2, 0) is 21.2 Å². The average Bonchev–Trinajstić information content (AvgIpc) is 3.11. The van der Waals surface area contributed by atoms with Crippen LogP contribution in [0.2, 0.25) is 0 Å². The first-order valence-electron chi connectivity index (χ1n) is 7.15. The van der Waals surface area contributed by atoms with Crippen molar-refractivity contribution in [2.45, 2.75) is 11.7 Å². The zero-order valence-electron chi connectivity index (χ0n) is 11.9. The largest absolute Gasteiger partial charge is 0.342 e. The minimum Gasteiger partial charge on any atom is -0.342 e. The molecule has 0 unspecified atom stereocenters. The van der Waals surface area contributed by atoms with E-state index in [0.717, 1.165) is 0 Å². The lowest BCUT2D eigenvalue weighted by Gasteiger charge is -2.26. The molecule has 2 aromatic rings. The van der Waals surface area contributed by atoms with Gasteiger partial charge in [0.15, 0.2) is 0 Å². The number of ether oxygens (including phenoxy) is 2. The number of hydrogen-bond donors (Lipinski definition) is 0. The molecule has 2 aromatic carbocycles. The summed E-state index contributed by atoms with van der Waals surface area (Å²) in [4.78, 5) is 0. The van der Waals surface area contributed by atoms with Gasteiger partial charge in [0.2, 0.25) is 5.79 Å². The van der Waals surface area contributed by atoms with Gasteiger partial charge in [0.25, 0.3) is 5.92 Å². The fourth-order valence-corrected chi connectivity index (χ4v) is 3.88. The SMILES string of the molecule is FC1(F)c2cc(Br)ccc2-c2ccc(C3(CCl)OCCO3)cc21. The van der Waals surface area contributed by atoms with E-state index in [0.29, 0.717) is 34.4 Å². The minimum absolute atomic E-state index is 0.00667. The number of alkyl halides is 3. The quantitative estimate of drug-likeness (QED) is 0.659. The summed E-state index contributed by atoms with van der Waals surface area (Å²) in [7, 11) is 0. The second-order valence-electron chi connectivity index (χ2n) is 5.61. The standard InChI is InChI=1S/C17H12BrClF2O2/c18-11-2-4-13-12-3-1-10(16(9-19)22-5-6-23-16)7-14(12)17(20,21)15(13)8-11/h1-4,7-8H,5-6,9H2. The molecule has 0 aromatic heterocycles. The van der Waals surface area contributed by atoms with Crippen LogP contribution >= 0.6 is 27.5 Å². The van der Waals surface area contributed by atoms with Crippen molar-refractivity contribution in [1.82, 2.24) is 0 Å². The number of rotatable bonds is 2. The Morgan fingerprint density at radius 2 is 1.61 bits per heavy atom. The molecule has 2 nitrogen and oxygen atoms in total. The highest BCUT2D eigenvalue weighted by Crippen LogP contribution is 2.52. The summed E-state index contributed by atoms with van der Waals surface area (Å²) >= 11 is 9.25. The van der Waals surface area contributed by atoms with E-state index in [1.807, 2.05) is 0 Å². The summed E-state index contributed by atoms with van der Waals surface area (Å²) in [5, 5.41) is 0. The Morgan fingerprint density at radius 3 is 2.26 bits per heavy atom. The third-order valence-electron chi connectivity index (χ3n) is 4.34. The van der Waals surface area contributed by atoms with Crippen LogP contribution in [0.4, 0.5) is 8.78 Å². The zero-order valence-corrected chi connectivity index (χ0v) is 14.3. The van der Waals surface area contributed by atoms with Crippen molar-refractivity contribution >= 4 is 27.5 Å². The molecule has 1 heterocycles. The molecular formula is C17H12BrClF2O2. The van der Waals surface area contributed by atoms with Crippen molar-refractivity contribution < 1.29 is 18.3 Å². The minimum atomic E-state index is -3.06. The fraction of sp³-hybridized carbons (Fsp3) is 0.294. The summed E-state index contributed by atoms with van der Waals surface area (Å²) in [5.41, 5.74) is 1.58. The van der Waals surface area contributed by atoms with Gasteiger partial charge >= 0.3 is 0 Å². The van der Waals surface area contributed by atoms with Crippen molar-refractivity contribution in [3.05, 3.63) is 57.6 Å². The summed E-state index contributed by atoms with van der Waals surface area (Å²) in [5.74, 6) is -4.14. The first-order valence-corrected chi connectivity index (χ1v) is 8.48. The summed E-state index contributed by atoms with van der Waals surface area (Å²) in [6, 6.07) is 9.84. The molecule has 0 atom stereocenters. The van der Waals surface area contributed by atoms with Crippen LogP contribution in [-0.4, -0.2) is 19.1 Å². The Balaban J connectivity index is 1.89. The van der Waals surface area contributed by atoms with Crippen LogP contribution < -0.4 is 0 Å². The van der Waals surface area contributed by atoms with Crippen LogP contribution in [0, 0.1) is 0 Å². The maximum absolute atomic E-state index is 14.9. The Bertz CT molecular complexity index is 788. The molecule has 1 saturated heterocycles. The smallest absolute Gasteiger partial charge is 0.299 e. The second-order valence-corrected chi connectivity index (χ2v) is 6.79. The lowest BCUT2D eigenvalue weighted by Crippen LogP contribution is -2.29. The summed E-state index contributed by atoms with van der Waals surface area (Å²) in [6.45, 7) is 0.792. The highest BCUT2D eigenvalue weighted by atomic mass is 79.9. The van der Waals surface area contributed by atoms with E-state index in [1.165, 1.54) is 12.1 Å². The predicted octanol–water partition coefficient (Wildman–Crippen LogP) is 5.01. The predicted molar refractivity (Wildman–Crippen MR) is 86.9 cm³/mol. The van der Waals surface area contributed by atoms with Crippen LogP contribution in [0.15, 0.2) is 40.9 Å². The maximum Gasteiger partial charge on any atom is 0.299 e. The number of fused-ring (bicyclic) bond motifs is 3. The zero-order chi connectivity index (χ0) is 16.2. The van der Waals surface area contributed by atoms with Crippen LogP contribution in [0.3, 0.4) is 0 Å². The van der Waals surface area contributed by atoms with Crippen molar-refractivity contribution in [3.63, 3.8) is 0 Å². The second kappa shape index (κ2) is 5.24. The number of hydrogen-bond acceptors (Lipinski definition) is 2. The lowest BCUT2D eigenvalue weighted by atomic mass is 9.98. The molecule has 1 aliphatic carbocycles. The van der Waals surface area contributed by atoms with E-state index in [9.17, 15) is 8.78 Å². The molecule has 120 valence electrons. The van der Waals surface area contributed by atoms with E-state index < -0.39 is 11.7 Å². The van der Waals surface area contributed by atoms with Crippen LogP contribution in [0.25, 0.3) is 11.1 Å². The maximum atomic E-state index is 14.9. The van der Waals surface area contributed by atoms with E-state index >= 15 is 0 Å². The molecule has 1 aliphatic heterocycles. The highest BCUT2D eigenvalue weighted by Gasteiger charge is 2.46. The first kappa shape index (κ1) is 15.5. The Labute approximate surface area is 145 Å². The van der Waals surface area contributed by atoms with E-state index in [2.05, 4.69) is 15.9 Å². The molecule has 23 heavy (non-hydrogen) atoms. The molecule has 2 aliphatic rings. The van der Waals surface area contributed by atoms with Gasteiger partial charge in [-0.1, -0.05) is 34.1 Å². The Kier molecular flexibility index (Phi) is 3.54. The van der Waals surface area contributed by atoms with Gasteiger partial charge in [0.1, 0.15) is 0 Å². The molecule has 4 rings (SSSR count). The van der Waals surface area contributed by atoms with E-state index in [4.69, 9.17) is 21.1 Å². The van der Waals surface area contributed by atoms with Crippen molar-refractivity contribution in [2.24, 2.45) is 0 Å². The van der Waals surface area contributed by atoms with Gasteiger partial charge in [-0.05, 0) is 29.3 Å². The van der Waals surface area contributed by atoms with Gasteiger partial charge in [-0.2, -0.15) is 8.78 Å². The van der Waals surface area contributed by atoms with Gasteiger partial charge in [0, 0.05) is 21.2 Å². The van der Waals surface area contributed by atoms with E-state index in [-0.39, 0.29) is 17.0 Å². The molecule has 1 fully saturated rings. The van der Waals surface area contributed by atoms with Gasteiger partial charge in [-0.25, -0.2) is 0 Å². The summed E-state index contributed by atoms with van der Waals surface area (Å²) < 4.78 is 41.6. The monoisotopic (exact) mass is 400 g/mol. The molecular weight excluding hydrogens is 390 g/mol. The normalized spacial score (nSPS) is 20.3. The third kappa shape index (κ3) is 2.18. The first-order chi connectivity index (χ1) is 11.0. The highest BCUT2D eigenvalue weighted by molar-refractivity contribution is 9.10. The van der Waals surface area contributed by atoms with Gasteiger partial charge < -0.3 is 9.47 Å². The number of halogens is 4. The van der Waals surface area contributed by atoms with Crippen LogP contribution in [0.5, 0.6) is 0 Å². The van der Waals surface area contributed by atoms with Crippen molar-refractivity contribution in [3.8, 4) is 11.1 Å². The average molecular weight is 402 g/mol. The van der Waals surface area contributed by atoms with Gasteiger partial charge in [-0.3, -0.25) is 0 Å². The topological polar surface area (TPSA) is 18.5 Å².